The van der Waals surface area contributed by atoms with Gasteiger partial charge in [-0.25, -0.2) is 4.98 Å². The maximum absolute atomic E-state index is 14.1. The van der Waals surface area contributed by atoms with Crippen LogP contribution in [0, 0.1) is 12.3 Å². The number of aryl methyl sites for hydroxylation is 1. The first kappa shape index (κ1) is 56.9. The van der Waals surface area contributed by atoms with Crippen molar-refractivity contribution in [1.82, 2.24) is 46.1 Å². The van der Waals surface area contributed by atoms with Gasteiger partial charge in [0, 0.05) is 101 Å². The Morgan fingerprint density at radius 2 is 1.54 bits per heavy atom. The first-order valence-electron chi connectivity index (χ1n) is 28.4. The molecule has 18 nitrogen and oxygen atoms in total. The number of para-hydroxylation sites is 1. The van der Waals surface area contributed by atoms with Crippen molar-refractivity contribution in [2.75, 3.05) is 63.9 Å². The van der Waals surface area contributed by atoms with Crippen LogP contribution in [0.1, 0.15) is 108 Å². The molecule has 0 aliphatic carbocycles. The number of rotatable bonds is 22. The molecular weight excluding hydrogens is 1020 g/mol. The standard InChI is InChI=1S/C60H81N11O7S/c1-40-55(79-39-63-40)42-19-17-41(18-20-42)35-62-58(76)51-33-46(72)38-70(51)59(77)56(60(2,3)4)64-53(74)15-9-7-5-6-8-10-16-54(75)68-29-27-67(28-30-68)31-32-78-47-25-23-43(24-26-47)71-44-21-22-45(71)37-69(36-44)50-34-49(65-66-57(50)61)48-13-11-12-14-52(48)73/h11-14,17-20,23-26,34,39,44-46,51,56,65-66,72-73H,5-10,15-16,21-22,27-33,35-38,61H2,1-4H3,(H,62,76)(H,64,74)/t44?,45?,46-,51+,56-/m1/s1. The Bertz CT molecular complexity index is 2790. The van der Waals surface area contributed by atoms with Gasteiger partial charge in [-0.2, -0.15) is 0 Å². The van der Waals surface area contributed by atoms with Gasteiger partial charge in [0.1, 0.15) is 36.0 Å². The second kappa shape index (κ2) is 26.0. The fraction of sp³-hybridized carbons (Fsp3) is 0.517. The molecule has 9 rings (SSSR count). The molecule has 3 aromatic carbocycles. The summed E-state index contributed by atoms with van der Waals surface area (Å²) in [6.45, 7) is 14.1. The van der Waals surface area contributed by atoms with Gasteiger partial charge in [0.2, 0.25) is 23.6 Å². The molecule has 5 atom stereocenters. The van der Waals surface area contributed by atoms with Crippen LogP contribution in [-0.4, -0.2) is 148 Å². The maximum atomic E-state index is 14.1. The molecule has 4 amide bonds. The van der Waals surface area contributed by atoms with Crippen molar-refractivity contribution in [3.63, 3.8) is 0 Å². The number of aliphatic hydroxyl groups excluding tert-OH is 1. The van der Waals surface area contributed by atoms with Crippen LogP contribution in [-0.2, 0) is 25.7 Å². The molecule has 0 saturated carbocycles. The molecule has 2 bridgehead atoms. The lowest BCUT2D eigenvalue weighted by Gasteiger charge is -2.44. The number of piperazine rings is 2. The number of benzene rings is 3. The topological polar surface area (TPSA) is 221 Å². The number of carbonyl (C=O) groups excluding carboxylic acids is 4. The van der Waals surface area contributed by atoms with Gasteiger partial charge in [0.15, 0.2) is 0 Å². The van der Waals surface area contributed by atoms with Crippen molar-refractivity contribution in [3.05, 3.63) is 113 Å². The molecule has 1 aromatic heterocycles. The first-order chi connectivity index (χ1) is 38.1. The summed E-state index contributed by atoms with van der Waals surface area (Å²) in [6, 6.07) is 22.7. The second-order valence-corrected chi connectivity index (χ2v) is 23.8. The van der Waals surface area contributed by atoms with Crippen LogP contribution in [0.4, 0.5) is 5.69 Å². The number of nitrogens with one attached hydrogen (secondary N) is 4. The number of nitrogens with zero attached hydrogens (tertiary/aromatic N) is 6. The van der Waals surface area contributed by atoms with Crippen molar-refractivity contribution in [2.45, 2.75) is 135 Å². The number of fused-ring (bicyclic) bond motifs is 2. The number of unbranched alkanes of at least 4 members (excludes halogenated alkanes) is 5. The lowest BCUT2D eigenvalue weighted by molar-refractivity contribution is -0.144. The number of thiazole rings is 1. The zero-order valence-corrected chi connectivity index (χ0v) is 47.2. The number of phenolic OH excluding ortho intramolecular Hbond substituents is 1. The van der Waals surface area contributed by atoms with E-state index in [4.69, 9.17) is 10.5 Å². The normalized spacial score (nSPS) is 20.8. The molecular formula is C60H81N11O7S. The van der Waals surface area contributed by atoms with Gasteiger partial charge < -0.3 is 50.9 Å². The monoisotopic (exact) mass is 1100 g/mol. The highest BCUT2D eigenvalue weighted by atomic mass is 32.1. The number of aromatic hydroxyl groups is 1. The molecule has 8 N–H and O–H groups in total. The smallest absolute Gasteiger partial charge is 0.246 e. The van der Waals surface area contributed by atoms with Crippen LogP contribution in [0.25, 0.3) is 16.1 Å². The van der Waals surface area contributed by atoms with Crippen LogP contribution in [0.15, 0.2) is 95.9 Å². The van der Waals surface area contributed by atoms with Crippen LogP contribution >= 0.6 is 11.3 Å². The number of nitrogens with two attached hydrogens (primary N) is 1. The number of β-amino-alcohol motifs (C(OH)–C–C–N with tert-alkyl or cyclic N) is 1. The number of likely N-dealkylation sites (tertiary alicyclic amines) is 2. The van der Waals surface area contributed by atoms with Gasteiger partial charge >= 0.3 is 0 Å². The third-order valence-electron chi connectivity index (χ3n) is 16.2. The molecule has 5 aliphatic rings. The first-order valence-corrected chi connectivity index (χ1v) is 29.3. The van der Waals surface area contributed by atoms with Gasteiger partial charge in [-0.1, -0.05) is 82.9 Å². The fourth-order valence-corrected chi connectivity index (χ4v) is 12.6. The summed E-state index contributed by atoms with van der Waals surface area (Å²) < 4.78 is 6.20. The zero-order chi connectivity index (χ0) is 55.6. The van der Waals surface area contributed by atoms with E-state index in [9.17, 15) is 29.4 Å². The number of aromatic nitrogens is 1. The van der Waals surface area contributed by atoms with Gasteiger partial charge in [-0.3, -0.25) is 34.9 Å². The minimum absolute atomic E-state index is 0.0269. The largest absolute Gasteiger partial charge is 0.507 e. The van der Waals surface area contributed by atoms with E-state index in [1.807, 2.05) is 86.6 Å². The number of anilines is 1. The lowest BCUT2D eigenvalue weighted by Crippen LogP contribution is -2.57. The number of allylic oxidation sites excluding steroid dienone is 1. The van der Waals surface area contributed by atoms with E-state index in [1.54, 1.807) is 17.4 Å². The number of hydrogen-bond acceptors (Lipinski definition) is 15. The Morgan fingerprint density at radius 3 is 2.22 bits per heavy atom. The predicted octanol–water partition coefficient (Wildman–Crippen LogP) is 6.21. The summed E-state index contributed by atoms with van der Waals surface area (Å²) in [5.74, 6) is 0.936. The quantitative estimate of drug-likeness (QED) is 0.0436. The Balaban J connectivity index is 0.617. The molecule has 2 unspecified atom stereocenters. The molecule has 4 aromatic rings. The summed E-state index contributed by atoms with van der Waals surface area (Å²) in [7, 11) is 0. The summed E-state index contributed by atoms with van der Waals surface area (Å²) in [4.78, 5) is 70.0. The zero-order valence-electron chi connectivity index (χ0n) is 46.4. The van der Waals surface area contributed by atoms with Crippen LogP contribution in [0.3, 0.4) is 0 Å². The van der Waals surface area contributed by atoms with Crippen molar-refractivity contribution in [1.29, 1.82) is 0 Å². The maximum Gasteiger partial charge on any atom is 0.246 e. The van der Waals surface area contributed by atoms with E-state index >= 15 is 0 Å². The number of phenols is 1. The number of amides is 4. The van der Waals surface area contributed by atoms with Crippen molar-refractivity contribution < 1.29 is 34.1 Å². The summed E-state index contributed by atoms with van der Waals surface area (Å²) in [5.41, 5.74) is 20.5. The minimum Gasteiger partial charge on any atom is -0.507 e. The molecule has 0 radical (unpaired) electrons. The Kier molecular flexibility index (Phi) is 18.7. The summed E-state index contributed by atoms with van der Waals surface area (Å²) in [6.07, 6.45) is 9.66. The molecule has 424 valence electrons. The van der Waals surface area contributed by atoms with E-state index in [-0.39, 0.29) is 55.3 Å². The van der Waals surface area contributed by atoms with E-state index in [1.165, 1.54) is 10.6 Å². The highest BCUT2D eigenvalue weighted by molar-refractivity contribution is 7.13. The van der Waals surface area contributed by atoms with Gasteiger partial charge in [0.25, 0.3) is 0 Å². The highest BCUT2D eigenvalue weighted by Gasteiger charge is 2.45. The number of ether oxygens (including phenoxy) is 1. The van der Waals surface area contributed by atoms with Crippen molar-refractivity contribution in [2.24, 2.45) is 11.1 Å². The van der Waals surface area contributed by atoms with Crippen LogP contribution in [0.2, 0.25) is 0 Å². The van der Waals surface area contributed by atoms with E-state index < -0.39 is 23.6 Å². The number of aliphatic hydroxyl groups is 1. The SMILES string of the molecule is Cc1ncsc1-c1ccc(CNC(=O)[C@@H]2C[C@@H](O)CN2C(=O)[C@@H](NC(=O)CCCCCCCCC(=O)N2CCN(CCOc3ccc(N4C5CCC4CN(C4=C(N)NNC(c6ccccc6O)=C4)C5)cc3)CC2)C(C)(C)C)cc1. The molecule has 79 heavy (non-hydrogen) atoms. The minimum atomic E-state index is -0.862. The van der Waals surface area contributed by atoms with Gasteiger partial charge in [-0.15, -0.1) is 11.3 Å². The highest BCUT2D eigenvalue weighted by Crippen LogP contribution is 2.38. The molecule has 19 heteroatoms. The fourth-order valence-electron chi connectivity index (χ4n) is 11.7. The average molecular weight is 1100 g/mol. The molecule has 4 fully saturated rings. The average Bonchev–Trinajstić information content (AvgIpc) is 4.24. The summed E-state index contributed by atoms with van der Waals surface area (Å²) >= 11 is 1.58. The van der Waals surface area contributed by atoms with Crippen molar-refractivity contribution >= 4 is 46.3 Å². The molecule has 0 spiro atoms. The lowest BCUT2D eigenvalue weighted by atomic mass is 9.85. The number of hydrogen-bond donors (Lipinski definition) is 7. The van der Waals surface area contributed by atoms with Crippen LogP contribution < -0.4 is 36.9 Å². The number of carbonyl (C=O) groups is 4. The third-order valence-corrected chi connectivity index (χ3v) is 17.2. The van der Waals surface area contributed by atoms with Gasteiger partial charge in [-0.05, 0) is 91.6 Å². The van der Waals surface area contributed by atoms with Gasteiger partial charge in [0.05, 0.1) is 33.6 Å². The van der Waals surface area contributed by atoms with Crippen molar-refractivity contribution in [3.8, 4) is 21.9 Å². The molecule has 4 saturated heterocycles. The Labute approximate surface area is 469 Å². The Morgan fingerprint density at radius 1 is 0.861 bits per heavy atom. The molecule has 6 heterocycles. The Hall–Kier alpha value is -6.83. The summed E-state index contributed by atoms with van der Waals surface area (Å²) in [5, 5.41) is 27.0. The predicted molar refractivity (Wildman–Crippen MR) is 308 cm³/mol. The van der Waals surface area contributed by atoms with E-state index in [0.29, 0.717) is 37.4 Å². The van der Waals surface area contributed by atoms with E-state index in [2.05, 4.69) is 65.4 Å². The third kappa shape index (κ3) is 14.3. The number of hydrazine groups is 1. The second-order valence-electron chi connectivity index (χ2n) is 23.0. The van der Waals surface area contributed by atoms with E-state index in [0.717, 1.165) is 135 Å². The molecule has 5 aliphatic heterocycles. The van der Waals surface area contributed by atoms with Crippen LogP contribution in [0.5, 0.6) is 11.5 Å².